The molecule has 3 nitrogen and oxygen atoms in total. The van der Waals surface area contributed by atoms with E-state index in [4.69, 9.17) is 11.6 Å². The molecule has 0 aliphatic carbocycles. The summed E-state index contributed by atoms with van der Waals surface area (Å²) in [4.78, 5) is 12.7. The Kier molecular flexibility index (Phi) is 6.29. The maximum Gasteiger partial charge on any atom is 0.250 e. The van der Waals surface area contributed by atoms with Gasteiger partial charge in [0.1, 0.15) is 0 Å². The predicted molar refractivity (Wildman–Crippen MR) is 92.1 cm³/mol. The molecule has 0 fully saturated rings. The van der Waals surface area contributed by atoms with Gasteiger partial charge in [-0.15, -0.1) is 11.8 Å². The van der Waals surface area contributed by atoms with Gasteiger partial charge in [-0.25, -0.2) is 5.43 Å². The number of hydrogen-bond acceptors (Lipinski definition) is 3. The lowest BCUT2D eigenvalue weighted by Crippen LogP contribution is -2.19. The number of carbonyl (C=O) groups is 1. The fourth-order valence-electron chi connectivity index (χ4n) is 1.48. The SMILES string of the molecule is O=C(CSc1ccc(Cl)cc1)NN=Cc1cccc(Br)c1. The van der Waals surface area contributed by atoms with E-state index in [1.54, 1.807) is 18.3 Å². The Bertz CT molecular complexity index is 646. The molecule has 6 heteroatoms. The highest BCUT2D eigenvalue weighted by atomic mass is 79.9. The summed E-state index contributed by atoms with van der Waals surface area (Å²) < 4.78 is 0.969. The number of nitrogens with one attached hydrogen (secondary N) is 1. The number of rotatable bonds is 5. The highest BCUT2D eigenvalue weighted by Crippen LogP contribution is 2.19. The minimum atomic E-state index is -0.152. The topological polar surface area (TPSA) is 41.5 Å². The standard InChI is InChI=1S/C15H12BrClN2OS/c16-12-3-1-2-11(8-12)9-18-19-15(20)10-21-14-6-4-13(17)5-7-14/h1-9H,10H2,(H,19,20). The molecule has 0 aliphatic rings. The van der Waals surface area contributed by atoms with Gasteiger partial charge in [0.05, 0.1) is 12.0 Å². The summed E-state index contributed by atoms with van der Waals surface area (Å²) in [6.45, 7) is 0. The normalized spacial score (nSPS) is 10.8. The van der Waals surface area contributed by atoms with Gasteiger partial charge in [-0.2, -0.15) is 5.10 Å². The van der Waals surface area contributed by atoms with Crippen molar-refractivity contribution in [2.45, 2.75) is 4.90 Å². The van der Waals surface area contributed by atoms with Crippen LogP contribution in [0.1, 0.15) is 5.56 Å². The predicted octanol–water partition coefficient (Wildman–Crippen LogP) is 4.34. The maximum absolute atomic E-state index is 11.7. The monoisotopic (exact) mass is 382 g/mol. The van der Waals surface area contributed by atoms with Gasteiger partial charge in [0.15, 0.2) is 0 Å². The number of nitrogens with zero attached hydrogens (tertiary/aromatic N) is 1. The first-order valence-electron chi connectivity index (χ1n) is 6.09. The molecular weight excluding hydrogens is 372 g/mol. The Morgan fingerprint density at radius 2 is 2.05 bits per heavy atom. The van der Waals surface area contributed by atoms with E-state index in [2.05, 4.69) is 26.5 Å². The van der Waals surface area contributed by atoms with Crippen molar-refractivity contribution >= 4 is 51.4 Å². The van der Waals surface area contributed by atoms with E-state index >= 15 is 0 Å². The number of carbonyl (C=O) groups excluding carboxylic acids is 1. The van der Waals surface area contributed by atoms with E-state index in [0.29, 0.717) is 10.8 Å². The Morgan fingerprint density at radius 3 is 2.76 bits per heavy atom. The number of amides is 1. The van der Waals surface area contributed by atoms with Crippen LogP contribution in [0.5, 0.6) is 0 Å². The Hall–Kier alpha value is -1.30. The first kappa shape index (κ1) is 16.1. The molecule has 21 heavy (non-hydrogen) atoms. The van der Waals surface area contributed by atoms with Crippen LogP contribution in [0, 0.1) is 0 Å². The molecule has 0 saturated heterocycles. The van der Waals surface area contributed by atoms with Crippen LogP contribution < -0.4 is 5.43 Å². The van der Waals surface area contributed by atoms with Crippen molar-refractivity contribution in [2.75, 3.05) is 5.75 Å². The summed E-state index contributed by atoms with van der Waals surface area (Å²) in [6.07, 6.45) is 1.61. The second-order valence-corrected chi connectivity index (χ2v) is 6.49. The third kappa shape index (κ3) is 5.91. The largest absolute Gasteiger partial charge is 0.272 e. The smallest absolute Gasteiger partial charge is 0.250 e. The molecule has 0 radical (unpaired) electrons. The van der Waals surface area contributed by atoms with Crippen molar-refractivity contribution < 1.29 is 4.79 Å². The van der Waals surface area contributed by atoms with Gasteiger partial charge in [-0.05, 0) is 42.0 Å². The van der Waals surface area contributed by atoms with Crippen LogP contribution in [0.4, 0.5) is 0 Å². The summed E-state index contributed by atoms with van der Waals surface area (Å²) >= 11 is 10.6. The van der Waals surface area contributed by atoms with Crippen molar-refractivity contribution in [1.29, 1.82) is 0 Å². The molecule has 0 aromatic heterocycles. The van der Waals surface area contributed by atoms with Crippen LogP contribution in [-0.4, -0.2) is 17.9 Å². The molecule has 0 unspecified atom stereocenters. The van der Waals surface area contributed by atoms with Crippen LogP contribution in [0.3, 0.4) is 0 Å². The Balaban J connectivity index is 1.78. The van der Waals surface area contributed by atoms with Gasteiger partial charge in [-0.3, -0.25) is 4.79 Å². The maximum atomic E-state index is 11.7. The van der Waals surface area contributed by atoms with Crippen molar-refractivity contribution in [3.63, 3.8) is 0 Å². The highest BCUT2D eigenvalue weighted by molar-refractivity contribution is 9.10. The first-order chi connectivity index (χ1) is 10.1. The zero-order valence-electron chi connectivity index (χ0n) is 10.9. The Morgan fingerprint density at radius 1 is 1.29 bits per heavy atom. The zero-order valence-corrected chi connectivity index (χ0v) is 14.1. The van der Waals surface area contributed by atoms with E-state index in [-0.39, 0.29) is 5.91 Å². The minimum absolute atomic E-state index is 0.152. The summed E-state index contributed by atoms with van der Waals surface area (Å²) in [5, 5.41) is 4.61. The first-order valence-corrected chi connectivity index (χ1v) is 8.25. The van der Waals surface area contributed by atoms with Gasteiger partial charge in [0, 0.05) is 14.4 Å². The second-order valence-electron chi connectivity index (χ2n) is 4.09. The third-order valence-corrected chi connectivity index (χ3v) is 4.19. The quantitative estimate of drug-likeness (QED) is 0.474. The van der Waals surface area contributed by atoms with E-state index in [1.165, 1.54) is 11.8 Å². The van der Waals surface area contributed by atoms with Gasteiger partial charge in [-0.1, -0.05) is 39.7 Å². The van der Waals surface area contributed by atoms with E-state index in [0.717, 1.165) is 14.9 Å². The number of halogens is 2. The molecule has 2 aromatic carbocycles. The molecule has 0 bridgehead atoms. The van der Waals surface area contributed by atoms with Crippen LogP contribution in [0.15, 0.2) is 63.0 Å². The summed E-state index contributed by atoms with van der Waals surface area (Å²) in [7, 11) is 0. The number of benzene rings is 2. The van der Waals surface area contributed by atoms with Crippen LogP contribution >= 0.6 is 39.3 Å². The van der Waals surface area contributed by atoms with E-state index in [1.807, 2.05) is 36.4 Å². The summed E-state index contributed by atoms with van der Waals surface area (Å²) in [6, 6.07) is 15.0. The van der Waals surface area contributed by atoms with Crippen molar-refractivity contribution in [2.24, 2.45) is 5.10 Å². The molecule has 1 N–H and O–H groups in total. The number of hydrogen-bond donors (Lipinski definition) is 1. The lowest BCUT2D eigenvalue weighted by atomic mass is 10.2. The molecule has 0 aliphatic heterocycles. The molecular formula is C15H12BrClN2OS. The average Bonchev–Trinajstić information content (AvgIpc) is 2.47. The lowest BCUT2D eigenvalue weighted by Gasteiger charge is -2.01. The summed E-state index contributed by atoms with van der Waals surface area (Å²) in [5.41, 5.74) is 3.41. The number of thioether (sulfide) groups is 1. The fourth-order valence-corrected chi connectivity index (χ4v) is 2.71. The van der Waals surface area contributed by atoms with E-state index < -0.39 is 0 Å². The molecule has 2 rings (SSSR count). The van der Waals surface area contributed by atoms with Crippen molar-refractivity contribution in [3.05, 3.63) is 63.6 Å². The Labute approximate surface area is 140 Å². The van der Waals surface area contributed by atoms with Gasteiger partial charge in [0.25, 0.3) is 0 Å². The van der Waals surface area contributed by atoms with Crippen molar-refractivity contribution in [3.8, 4) is 0 Å². The zero-order chi connectivity index (χ0) is 15.1. The van der Waals surface area contributed by atoms with Crippen LogP contribution in [-0.2, 0) is 4.79 Å². The molecule has 108 valence electrons. The average molecular weight is 384 g/mol. The van der Waals surface area contributed by atoms with Gasteiger partial charge < -0.3 is 0 Å². The fraction of sp³-hybridized carbons (Fsp3) is 0.0667. The molecule has 0 atom stereocenters. The van der Waals surface area contributed by atoms with E-state index in [9.17, 15) is 4.79 Å². The molecule has 1 amide bonds. The van der Waals surface area contributed by atoms with Crippen molar-refractivity contribution in [1.82, 2.24) is 5.43 Å². The molecule has 0 spiro atoms. The molecule has 0 saturated carbocycles. The van der Waals surface area contributed by atoms with Crippen LogP contribution in [0.2, 0.25) is 5.02 Å². The summed E-state index contributed by atoms with van der Waals surface area (Å²) in [5.74, 6) is 0.151. The minimum Gasteiger partial charge on any atom is -0.272 e. The number of hydrazone groups is 1. The molecule has 0 heterocycles. The van der Waals surface area contributed by atoms with Gasteiger partial charge >= 0.3 is 0 Å². The third-order valence-electron chi connectivity index (χ3n) is 2.44. The second kappa shape index (κ2) is 8.22. The molecule has 2 aromatic rings. The van der Waals surface area contributed by atoms with Gasteiger partial charge in [0.2, 0.25) is 5.91 Å². The highest BCUT2D eigenvalue weighted by Gasteiger charge is 2.01. The van der Waals surface area contributed by atoms with Crippen LogP contribution in [0.25, 0.3) is 0 Å². The lowest BCUT2D eigenvalue weighted by molar-refractivity contribution is -0.118.